The predicted octanol–water partition coefficient (Wildman–Crippen LogP) is 3.69. The third-order valence-electron chi connectivity index (χ3n) is 3.09. The summed E-state index contributed by atoms with van der Waals surface area (Å²) in [6.45, 7) is 1.89. The van der Waals surface area contributed by atoms with Gasteiger partial charge >= 0.3 is 0 Å². The number of halogens is 1. The SMILES string of the molecule is Cc1nccn1-c1ccc(N)cc1Oc1cccc(F)c1. The quantitative estimate of drug-likeness (QED) is 0.746. The zero-order valence-corrected chi connectivity index (χ0v) is 11.5. The molecule has 0 saturated carbocycles. The van der Waals surface area contributed by atoms with Crippen LogP contribution in [0.15, 0.2) is 54.9 Å². The molecule has 4 nitrogen and oxygen atoms in total. The molecule has 5 heteroatoms. The summed E-state index contributed by atoms with van der Waals surface area (Å²) < 4.78 is 20.9. The minimum Gasteiger partial charge on any atom is -0.455 e. The lowest BCUT2D eigenvalue weighted by molar-refractivity contribution is 0.474. The number of aromatic nitrogens is 2. The van der Waals surface area contributed by atoms with Crippen molar-refractivity contribution < 1.29 is 9.13 Å². The number of benzene rings is 2. The van der Waals surface area contributed by atoms with Gasteiger partial charge in [-0.25, -0.2) is 9.37 Å². The smallest absolute Gasteiger partial charge is 0.153 e. The number of hydrogen-bond donors (Lipinski definition) is 1. The van der Waals surface area contributed by atoms with Gasteiger partial charge < -0.3 is 15.0 Å². The average molecular weight is 283 g/mol. The van der Waals surface area contributed by atoms with E-state index in [1.165, 1.54) is 12.1 Å². The second kappa shape index (κ2) is 5.28. The number of nitrogens with two attached hydrogens (primary N) is 1. The molecule has 2 N–H and O–H groups in total. The maximum atomic E-state index is 13.3. The Hall–Kier alpha value is -2.82. The molecule has 21 heavy (non-hydrogen) atoms. The second-order valence-electron chi connectivity index (χ2n) is 4.63. The van der Waals surface area contributed by atoms with Crippen molar-refractivity contribution >= 4 is 5.69 Å². The minimum absolute atomic E-state index is 0.350. The molecule has 3 aromatic rings. The van der Waals surface area contributed by atoms with Crippen LogP contribution in [0.3, 0.4) is 0 Å². The maximum absolute atomic E-state index is 13.3. The van der Waals surface area contributed by atoms with Crippen molar-refractivity contribution in [2.24, 2.45) is 0 Å². The predicted molar refractivity (Wildman–Crippen MR) is 79.2 cm³/mol. The number of anilines is 1. The van der Waals surface area contributed by atoms with E-state index in [-0.39, 0.29) is 5.82 Å². The lowest BCUT2D eigenvalue weighted by Crippen LogP contribution is -2.00. The van der Waals surface area contributed by atoms with Crippen LogP contribution in [0, 0.1) is 12.7 Å². The minimum atomic E-state index is -0.350. The zero-order chi connectivity index (χ0) is 14.8. The lowest BCUT2D eigenvalue weighted by atomic mass is 10.2. The van der Waals surface area contributed by atoms with E-state index in [4.69, 9.17) is 10.5 Å². The van der Waals surface area contributed by atoms with E-state index in [1.54, 1.807) is 30.5 Å². The Morgan fingerprint density at radius 2 is 2.05 bits per heavy atom. The van der Waals surface area contributed by atoms with E-state index in [2.05, 4.69) is 4.98 Å². The molecule has 0 bridgehead atoms. The highest BCUT2D eigenvalue weighted by Crippen LogP contribution is 2.31. The molecule has 0 aliphatic carbocycles. The number of nitrogen functional groups attached to an aromatic ring is 1. The van der Waals surface area contributed by atoms with Crippen LogP contribution in [0.1, 0.15) is 5.82 Å². The Morgan fingerprint density at radius 3 is 2.76 bits per heavy atom. The average Bonchev–Trinajstić information content (AvgIpc) is 2.85. The topological polar surface area (TPSA) is 53.1 Å². The van der Waals surface area contributed by atoms with Crippen LogP contribution in [-0.4, -0.2) is 9.55 Å². The standard InChI is InChI=1S/C16H14FN3O/c1-11-19-7-8-20(11)15-6-5-13(18)10-16(15)21-14-4-2-3-12(17)9-14/h2-10H,18H2,1H3. The summed E-state index contributed by atoms with van der Waals surface area (Å²) in [5.74, 6) is 1.43. The highest BCUT2D eigenvalue weighted by Gasteiger charge is 2.10. The van der Waals surface area contributed by atoms with Crippen molar-refractivity contribution in [3.05, 3.63) is 66.5 Å². The summed E-state index contributed by atoms with van der Waals surface area (Å²) in [4.78, 5) is 4.19. The summed E-state index contributed by atoms with van der Waals surface area (Å²) in [5, 5.41) is 0. The number of nitrogens with zero attached hydrogens (tertiary/aromatic N) is 2. The highest BCUT2D eigenvalue weighted by atomic mass is 19.1. The number of aryl methyl sites for hydroxylation is 1. The van der Waals surface area contributed by atoms with Gasteiger partial charge in [0.15, 0.2) is 5.75 Å². The monoisotopic (exact) mass is 283 g/mol. The first-order valence-corrected chi connectivity index (χ1v) is 6.47. The molecular formula is C16H14FN3O. The molecule has 1 aromatic heterocycles. The van der Waals surface area contributed by atoms with E-state index >= 15 is 0 Å². The van der Waals surface area contributed by atoms with Crippen molar-refractivity contribution in [2.75, 3.05) is 5.73 Å². The van der Waals surface area contributed by atoms with Gasteiger partial charge in [-0.2, -0.15) is 0 Å². The van der Waals surface area contributed by atoms with Crippen molar-refractivity contribution in [3.63, 3.8) is 0 Å². The molecule has 3 rings (SSSR count). The van der Waals surface area contributed by atoms with E-state index in [9.17, 15) is 4.39 Å². The summed E-state index contributed by atoms with van der Waals surface area (Å²) in [7, 11) is 0. The first kappa shape index (κ1) is 13.2. The molecule has 0 atom stereocenters. The van der Waals surface area contributed by atoms with E-state index in [0.29, 0.717) is 17.2 Å². The van der Waals surface area contributed by atoms with Crippen molar-refractivity contribution in [1.29, 1.82) is 0 Å². The molecule has 1 heterocycles. The fraction of sp³-hybridized carbons (Fsp3) is 0.0625. The van der Waals surface area contributed by atoms with Crippen LogP contribution in [0.2, 0.25) is 0 Å². The molecule has 0 aliphatic rings. The van der Waals surface area contributed by atoms with Crippen LogP contribution in [-0.2, 0) is 0 Å². The van der Waals surface area contributed by atoms with E-state index in [1.807, 2.05) is 23.8 Å². The van der Waals surface area contributed by atoms with Crippen LogP contribution in [0.5, 0.6) is 11.5 Å². The number of imidazole rings is 1. The van der Waals surface area contributed by atoms with E-state index < -0.39 is 0 Å². The Kier molecular flexibility index (Phi) is 3.31. The first-order chi connectivity index (χ1) is 10.1. The van der Waals surface area contributed by atoms with Crippen LogP contribution in [0.4, 0.5) is 10.1 Å². The molecule has 0 saturated heterocycles. The molecule has 2 aromatic carbocycles. The molecule has 0 radical (unpaired) electrons. The van der Waals surface area contributed by atoms with Crippen molar-refractivity contribution in [1.82, 2.24) is 9.55 Å². The van der Waals surface area contributed by atoms with Gasteiger partial charge in [-0.1, -0.05) is 6.07 Å². The van der Waals surface area contributed by atoms with Crippen LogP contribution < -0.4 is 10.5 Å². The van der Waals surface area contributed by atoms with E-state index in [0.717, 1.165) is 11.5 Å². The van der Waals surface area contributed by atoms with Crippen molar-refractivity contribution in [2.45, 2.75) is 6.92 Å². The molecule has 106 valence electrons. The van der Waals surface area contributed by atoms with Gasteiger partial charge in [0, 0.05) is 30.2 Å². The lowest BCUT2D eigenvalue weighted by Gasteiger charge is -2.13. The Labute approximate surface area is 121 Å². The number of ether oxygens (including phenoxy) is 1. The second-order valence-corrected chi connectivity index (χ2v) is 4.63. The normalized spacial score (nSPS) is 10.6. The van der Waals surface area contributed by atoms with Crippen LogP contribution >= 0.6 is 0 Å². The fourth-order valence-electron chi connectivity index (χ4n) is 2.10. The third-order valence-corrected chi connectivity index (χ3v) is 3.09. The Bertz CT molecular complexity index is 783. The van der Waals surface area contributed by atoms with Crippen molar-refractivity contribution in [3.8, 4) is 17.2 Å². The summed E-state index contributed by atoms with van der Waals surface area (Å²) >= 11 is 0. The summed E-state index contributed by atoms with van der Waals surface area (Å²) in [6.07, 6.45) is 3.54. The molecule has 0 fully saturated rings. The molecule has 0 amide bonds. The zero-order valence-electron chi connectivity index (χ0n) is 11.5. The largest absolute Gasteiger partial charge is 0.455 e. The first-order valence-electron chi connectivity index (χ1n) is 6.47. The van der Waals surface area contributed by atoms with Gasteiger partial charge in [0.2, 0.25) is 0 Å². The number of hydrogen-bond acceptors (Lipinski definition) is 3. The molecule has 0 aliphatic heterocycles. The summed E-state index contributed by atoms with van der Waals surface area (Å²) in [5.41, 5.74) is 7.19. The van der Waals surface area contributed by atoms with Gasteiger partial charge in [-0.05, 0) is 31.2 Å². The van der Waals surface area contributed by atoms with Gasteiger partial charge in [-0.15, -0.1) is 0 Å². The third kappa shape index (κ3) is 2.72. The summed E-state index contributed by atoms with van der Waals surface area (Å²) in [6, 6.07) is 11.3. The molecule has 0 unspecified atom stereocenters. The molecule has 0 spiro atoms. The highest BCUT2D eigenvalue weighted by molar-refractivity contribution is 5.57. The fourth-order valence-corrected chi connectivity index (χ4v) is 2.10. The number of rotatable bonds is 3. The van der Waals surface area contributed by atoms with Crippen LogP contribution in [0.25, 0.3) is 5.69 Å². The van der Waals surface area contributed by atoms with Gasteiger partial charge in [-0.3, -0.25) is 0 Å². The maximum Gasteiger partial charge on any atom is 0.153 e. The van der Waals surface area contributed by atoms with Gasteiger partial charge in [0.1, 0.15) is 17.4 Å². The van der Waals surface area contributed by atoms with Gasteiger partial charge in [0.25, 0.3) is 0 Å². The molecular weight excluding hydrogens is 269 g/mol. The Morgan fingerprint density at radius 1 is 1.19 bits per heavy atom. The Balaban J connectivity index is 2.05. The van der Waals surface area contributed by atoms with Gasteiger partial charge in [0.05, 0.1) is 5.69 Å².